The lowest BCUT2D eigenvalue weighted by atomic mass is 9.92. The van der Waals surface area contributed by atoms with Gasteiger partial charge in [0.25, 0.3) is 10.1 Å². The van der Waals surface area contributed by atoms with Gasteiger partial charge in [-0.1, -0.05) is 100 Å². The molecule has 0 aliphatic rings. The molecule has 0 atom stereocenters. The summed E-state index contributed by atoms with van der Waals surface area (Å²) in [7, 11) is -4.38. The van der Waals surface area contributed by atoms with Crippen molar-refractivity contribution in [3.63, 3.8) is 0 Å². The molecule has 0 heterocycles. The predicted molar refractivity (Wildman–Crippen MR) is 174 cm³/mol. The molecular weight excluding hydrogens is 568 g/mol. The molecule has 0 aliphatic carbocycles. The lowest BCUT2D eigenvalue weighted by Crippen LogP contribution is -2.28. The standard InChI is InChI=1S/C34H38N2O4S.ClH/c1-24(2)29-17-11-18-30(25(3)4)34(29)35-33(37)20-21-36(28-14-6-5-7-15-28)23-26-12-10-13-27(22-26)31-16-8-9-19-32(31)41(38,39)40;/h5-19,22,24-25H,20-21,23H2,1-4H3,(H,35,37)(H,38,39,40);1H. The summed E-state index contributed by atoms with van der Waals surface area (Å²) in [6.07, 6.45) is 0.296. The van der Waals surface area contributed by atoms with Crippen LogP contribution in [0.25, 0.3) is 11.1 Å². The molecule has 0 saturated heterocycles. The second kappa shape index (κ2) is 14.5. The minimum Gasteiger partial charge on any atom is -0.367 e. The number of hydrogen-bond donors (Lipinski definition) is 2. The van der Waals surface area contributed by atoms with E-state index in [4.69, 9.17) is 0 Å². The average Bonchev–Trinajstić information content (AvgIpc) is 2.95. The Hall–Kier alpha value is -3.65. The number of carbonyl (C=O) groups excluding carboxylic acids is 1. The largest absolute Gasteiger partial charge is 0.367 e. The number of amides is 1. The van der Waals surface area contributed by atoms with E-state index in [0.717, 1.165) is 28.1 Å². The van der Waals surface area contributed by atoms with Crippen molar-refractivity contribution in [1.82, 2.24) is 0 Å². The number of nitrogens with zero attached hydrogens (tertiary/aromatic N) is 1. The van der Waals surface area contributed by atoms with Crippen LogP contribution in [0.4, 0.5) is 11.4 Å². The van der Waals surface area contributed by atoms with Crippen LogP contribution in [0.15, 0.2) is 102 Å². The van der Waals surface area contributed by atoms with E-state index in [9.17, 15) is 17.8 Å². The first-order chi connectivity index (χ1) is 19.5. The van der Waals surface area contributed by atoms with Gasteiger partial charge in [0.15, 0.2) is 0 Å². The first-order valence-electron chi connectivity index (χ1n) is 13.9. The summed E-state index contributed by atoms with van der Waals surface area (Å²) in [5, 5.41) is 3.22. The number of anilines is 2. The molecule has 0 radical (unpaired) electrons. The van der Waals surface area contributed by atoms with Crippen molar-refractivity contribution in [2.45, 2.75) is 57.4 Å². The van der Waals surface area contributed by atoms with E-state index in [1.54, 1.807) is 18.2 Å². The molecule has 0 aromatic heterocycles. The highest BCUT2D eigenvalue weighted by Crippen LogP contribution is 2.33. The molecule has 0 spiro atoms. The highest BCUT2D eigenvalue weighted by atomic mass is 35.5. The van der Waals surface area contributed by atoms with Gasteiger partial charge in [-0.3, -0.25) is 9.35 Å². The summed E-state index contributed by atoms with van der Waals surface area (Å²) in [4.78, 5) is 15.3. The fourth-order valence-electron chi connectivity index (χ4n) is 5.06. The minimum atomic E-state index is -4.38. The highest BCUT2D eigenvalue weighted by molar-refractivity contribution is 7.86. The monoisotopic (exact) mass is 606 g/mol. The molecular formula is C34H39ClN2O4S. The molecule has 4 rings (SSSR count). The van der Waals surface area contributed by atoms with Crippen LogP contribution < -0.4 is 10.2 Å². The van der Waals surface area contributed by atoms with Gasteiger partial charge in [0.2, 0.25) is 5.91 Å². The molecule has 6 nitrogen and oxygen atoms in total. The summed E-state index contributed by atoms with van der Waals surface area (Å²) in [6.45, 7) is 9.54. The van der Waals surface area contributed by atoms with Gasteiger partial charge in [-0.05, 0) is 58.4 Å². The quantitative estimate of drug-likeness (QED) is 0.168. The van der Waals surface area contributed by atoms with Crippen LogP contribution >= 0.6 is 12.4 Å². The summed E-state index contributed by atoms with van der Waals surface area (Å²) >= 11 is 0. The number of benzene rings is 4. The van der Waals surface area contributed by atoms with Gasteiger partial charge in [-0.2, -0.15) is 8.42 Å². The van der Waals surface area contributed by atoms with Crippen molar-refractivity contribution in [2.75, 3.05) is 16.8 Å². The van der Waals surface area contributed by atoms with Crippen molar-refractivity contribution in [3.8, 4) is 11.1 Å². The van der Waals surface area contributed by atoms with Gasteiger partial charge < -0.3 is 10.2 Å². The van der Waals surface area contributed by atoms with Gasteiger partial charge in [-0.25, -0.2) is 0 Å². The van der Waals surface area contributed by atoms with Gasteiger partial charge in [0.1, 0.15) is 4.90 Å². The zero-order valence-corrected chi connectivity index (χ0v) is 26.1. The van der Waals surface area contributed by atoms with Gasteiger partial charge in [0, 0.05) is 36.4 Å². The van der Waals surface area contributed by atoms with Crippen molar-refractivity contribution >= 4 is 39.8 Å². The molecule has 42 heavy (non-hydrogen) atoms. The van der Waals surface area contributed by atoms with Crippen molar-refractivity contribution in [2.24, 2.45) is 0 Å². The summed E-state index contributed by atoms with van der Waals surface area (Å²) in [5.41, 5.74) is 6.23. The Morgan fingerprint density at radius 3 is 2.02 bits per heavy atom. The summed E-state index contributed by atoms with van der Waals surface area (Å²) in [6, 6.07) is 30.1. The lowest BCUT2D eigenvalue weighted by molar-refractivity contribution is -0.116. The second-order valence-electron chi connectivity index (χ2n) is 10.8. The Kier molecular flexibility index (Phi) is 11.3. The molecule has 4 aromatic rings. The minimum absolute atomic E-state index is 0. The van der Waals surface area contributed by atoms with E-state index in [1.165, 1.54) is 6.07 Å². The topological polar surface area (TPSA) is 86.7 Å². The van der Waals surface area contributed by atoms with Crippen molar-refractivity contribution in [3.05, 3.63) is 114 Å². The molecule has 222 valence electrons. The average molecular weight is 607 g/mol. The Labute approximate surface area is 256 Å². The van der Waals surface area contributed by atoms with Crippen LogP contribution in [-0.2, 0) is 21.5 Å². The van der Waals surface area contributed by atoms with Gasteiger partial charge in [0.05, 0.1) is 0 Å². The first kappa shape index (κ1) is 32.9. The molecule has 0 aliphatic heterocycles. The molecule has 8 heteroatoms. The summed E-state index contributed by atoms with van der Waals surface area (Å²) in [5.74, 6) is 0.517. The van der Waals surface area contributed by atoms with Crippen LogP contribution in [0.3, 0.4) is 0 Å². The fraction of sp³-hybridized carbons (Fsp3) is 0.265. The Morgan fingerprint density at radius 2 is 1.40 bits per heavy atom. The number of halogens is 1. The molecule has 1 amide bonds. The summed E-state index contributed by atoms with van der Waals surface area (Å²) < 4.78 is 33.7. The number of hydrogen-bond acceptors (Lipinski definition) is 4. The third-order valence-electron chi connectivity index (χ3n) is 7.14. The second-order valence-corrected chi connectivity index (χ2v) is 12.2. The first-order valence-corrected chi connectivity index (χ1v) is 15.4. The Bertz CT molecular complexity index is 1580. The van der Waals surface area contributed by atoms with E-state index < -0.39 is 10.1 Å². The number of nitrogens with one attached hydrogen (secondary N) is 1. The number of carbonyl (C=O) groups is 1. The third-order valence-corrected chi connectivity index (χ3v) is 8.06. The predicted octanol–water partition coefficient (Wildman–Crippen LogP) is 8.30. The van der Waals surface area contributed by atoms with Crippen LogP contribution in [0, 0.1) is 0 Å². The fourth-order valence-corrected chi connectivity index (χ4v) is 5.77. The van der Waals surface area contributed by atoms with Crippen LogP contribution in [-0.4, -0.2) is 25.4 Å². The van der Waals surface area contributed by atoms with Crippen LogP contribution in [0.5, 0.6) is 0 Å². The maximum absolute atomic E-state index is 13.3. The highest BCUT2D eigenvalue weighted by Gasteiger charge is 2.19. The van der Waals surface area contributed by atoms with E-state index in [0.29, 0.717) is 30.6 Å². The van der Waals surface area contributed by atoms with Gasteiger partial charge in [-0.15, -0.1) is 12.4 Å². The molecule has 0 fully saturated rings. The molecule has 2 N–H and O–H groups in total. The van der Waals surface area contributed by atoms with E-state index >= 15 is 0 Å². The van der Waals surface area contributed by atoms with E-state index in [-0.39, 0.29) is 35.0 Å². The third kappa shape index (κ3) is 8.22. The number of rotatable bonds is 11. The van der Waals surface area contributed by atoms with Crippen LogP contribution in [0.1, 0.15) is 62.6 Å². The number of para-hydroxylation sites is 2. The van der Waals surface area contributed by atoms with Crippen LogP contribution in [0.2, 0.25) is 0 Å². The smallest absolute Gasteiger partial charge is 0.295 e. The Balaban J connectivity index is 0.00000484. The van der Waals surface area contributed by atoms with Gasteiger partial charge >= 0.3 is 0 Å². The van der Waals surface area contributed by atoms with Crippen molar-refractivity contribution < 1.29 is 17.8 Å². The Morgan fingerprint density at radius 1 is 0.810 bits per heavy atom. The zero-order valence-electron chi connectivity index (χ0n) is 24.4. The lowest BCUT2D eigenvalue weighted by Gasteiger charge is -2.26. The van der Waals surface area contributed by atoms with E-state index in [1.807, 2.05) is 54.6 Å². The maximum Gasteiger partial charge on any atom is 0.295 e. The van der Waals surface area contributed by atoms with E-state index in [2.05, 4.69) is 56.1 Å². The molecule has 0 unspecified atom stereocenters. The SMILES string of the molecule is CC(C)c1cccc(C(C)C)c1NC(=O)CCN(Cc1cccc(-c2ccccc2S(=O)(=O)O)c1)c1ccccc1.Cl. The zero-order chi connectivity index (χ0) is 29.6. The molecule has 0 bridgehead atoms. The maximum atomic E-state index is 13.3. The normalized spacial score (nSPS) is 11.3. The van der Waals surface area contributed by atoms with Crippen molar-refractivity contribution in [1.29, 1.82) is 0 Å². The molecule has 0 saturated carbocycles. The molecule has 4 aromatic carbocycles.